The highest BCUT2D eigenvalue weighted by Crippen LogP contribution is 2.39. The Hall–Kier alpha value is -3.41. The van der Waals surface area contributed by atoms with E-state index in [0.717, 1.165) is 30.6 Å². The van der Waals surface area contributed by atoms with E-state index in [1.807, 2.05) is 81.1 Å². The molecule has 1 aliphatic rings. The van der Waals surface area contributed by atoms with E-state index in [-0.39, 0.29) is 59.6 Å². The number of nitrogens with zero attached hydrogens (tertiary/aromatic N) is 3. The number of likely N-dealkylation sites (tertiary alicyclic amines) is 1. The van der Waals surface area contributed by atoms with Gasteiger partial charge in [-0.3, -0.25) is 24.1 Å². The number of hydrogen-bond acceptors (Lipinski definition) is 7. The van der Waals surface area contributed by atoms with Gasteiger partial charge in [0.1, 0.15) is 5.54 Å². The smallest absolute Gasteiger partial charge is 0.239 e. The van der Waals surface area contributed by atoms with Crippen LogP contribution in [0.25, 0.3) is 0 Å². The fraction of sp³-hybridized carbons (Fsp3) is 0.628. The summed E-state index contributed by atoms with van der Waals surface area (Å²) in [5.41, 5.74) is 6.09. The standard InChI is InChI=1S/C43H67N5O5S/c1-11-31(6)40(47(9)41(51)39(29(2)3)43(30(4)5,42(44)52)46(7)8)35(53-10)27-38(50)48-26-18-23-34(48)36(54-33-21-16-13-17-22-33)28-37(49)45-25-24-32-19-14-12-15-20-32/h12-17,19-22,29-31,34-36,39-40H,11,18,23-28H2,1-10H3,(H2,44,52)(H,45,49). The average Bonchev–Trinajstić information content (AvgIpc) is 3.63. The molecule has 54 heavy (non-hydrogen) atoms. The molecule has 7 unspecified atom stereocenters. The number of likely N-dealkylation sites (N-methyl/N-ethyl adjacent to an activating group) is 2. The Morgan fingerprint density at radius 3 is 2.09 bits per heavy atom. The van der Waals surface area contributed by atoms with E-state index in [1.165, 1.54) is 5.56 Å². The molecule has 300 valence electrons. The quantitative estimate of drug-likeness (QED) is 0.152. The maximum atomic E-state index is 14.7. The molecular formula is C43H67N5O5S. The van der Waals surface area contributed by atoms with Crippen LogP contribution in [0.3, 0.4) is 0 Å². The summed E-state index contributed by atoms with van der Waals surface area (Å²) in [5.74, 6) is -1.99. The first kappa shape index (κ1) is 45.0. The Bertz CT molecular complexity index is 1480. The van der Waals surface area contributed by atoms with Gasteiger partial charge in [-0.15, -0.1) is 11.8 Å². The highest BCUT2D eigenvalue weighted by Gasteiger charge is 2.55. The fourth-order valence-electron chi connectivity index (χ4n) is 8.70. The zero-order valence-electron chi connectivity index (χ0n) is 34.4. The zero-order chi connectivity index (χ0) is 40.2. The van der Waals surface area contributed by atoms with E-state index < -0.39 is 29.5 Å². The van der Waals surface area contributed by atoms with Gasteiger partial charge in [-0.25, -0.2) is 0 Å². The number of carbonyl (C=O) groups excluding carboxylic acids is 4. The molecule has 0 spiro atoms. The maximum absolute atomic E-state index is 14.7. The summed E-state index contributed by atoms with van der Waals surface area (Å²) in [6, 6.07) is 19.6. The van der Waals surface area contributed by atoms with Crippen LogP contribution in [-0.2, 0) is 30.3 Å². The van der Waals surface area contributed by atoms with Crippen LogP contribution in [0.5, 0.6) is 0 Å². The van der Waals surface area contributed by atoms with E-state index in [9.17, 15) is 19.2 Å². The van der Waals surface area contributed by atoms with E-state index in [1.54, 1.807) is 49.8 Å². The number of primary amides is 1. The zero-order valence-corrected chi connectivity index (χ0v) is 35.2. The Morgan fingerprint density at radius 1 is 0.963 bits per heavy atom. The predicted molar refractivity (Wildman–Crippen MR) is 219 cm³/mol. The lowest BCUT2D eigenvalue weighted by molar-refractivity contribution is -0.159. The minimum Gasteiger partial charge on any atom is -0.379 e. The molecule has 0 aliphatic carbocycles. The first-order valence-corrected chi connectivity index (χ1v) is 20.6. The lowest BCUT2D eigenvalue weighted by atomic mass is 9.68. The second-order valence-corrected chi connectivity index (χ2v) is 17.1. The Balaban J connectivity index is 1.87. The summed E-state index contributed by atoms with van der Waals surface area (Å²) < 4.78 is 6.13. The number of amides is 4. The first-order valence-electron chi connectivity index (χ1n) is 19.7. The molecule has 1 heterocycles. The van der Waals surface area contributed by atoms with Crippen molar-refractivity contribution < 1.29 is 23.9 Å². The van der Waals surface area contributed by atoms with Crippen molar-refractivity contribution in [1.82, 2.24) is 20.0 Å². The molecule has 1 aliphatic heterocycles. The summed E-state index contributed by atoms with van der Waals surface area (Å²) in [6.45, 7) is 13.1. The Morgan fingerprint density at radius 2 is 1.57 bits per heavy atom. The first-order chi connectivity index (χ1) is 25.6. The van der Waals surface area contributed by atoms with Crippen LogP contribution in [0.1, 0.15) is 79.2 Å². The summed E-state index contributed by atoms with van der Waals surface area (Å²) in [5, 5.41) is 2.97. The van der Waals surface area contributed by atoms with Crippen molar-refractivity contribution in [2.45, 2.75) is 114 Å². The molecule has 0 saturated carbocycles. The van der Waals surface area contributed by atoms with Crippen molar-refractivity contribution in [3.05, 3.63) is 66.2 Å². The van der Waals surface area contributed by atoms with Crippen molar-refractivity contribution in [2.24, 2.45) is 29.4 Å². The van der Waals surface area contributed by atoms with Gasteiger partial charge in [0.15, 0.2) is 0 Å². The SMILES string of the molecule is CCC(C)C(C(CC(=O)N1CCCC1C(CC(=O)NCCc1ccccc1)Sc1ccccc1)OC)N(C)C(=O)C(C(C)C)C(C(N)=O)(C(C)C)N(C)C. The second-order valence-electron chi connectivity index (χ2n) is 15.8. The van der Waals surface area contributed by atoms with Crippen LogP contribution in [0.2, 0.25) is 0 Å². The minimum absolute atomic E-state index is 0.0127. The number of nitrogens with one attached hydrogen (secondary N) is 1. The number of ether oxygens (including phenoxy) is 1. The van der Waals surface area contributed by atoms with Gasteiger partial charge in [-0.2, -0.15) is 0 Å². The van der Waals surface area contributed by atoms with Gasteiger partial charge < -0.3 is 25.6 Å². The average molecular weight is 766 g/mol. The summed E-state index contributed by atoms with van der Waals surface area (Å²) in [4.78, 5) is 62.4. The number of methoxy groups -OCH3 is 1. The number of hydrogen-bond donors (Lipinski definition) is 2. The van der Waals surface area contributed by atoms with Gasteiger partial charge in [0, 0.05) is 49.9 Å². The summed E-state index contributed by atoms with van der Waals surface area (Å²) >= 11 is 1.65. The third kappa shape index (κ3) is 10.9. The van der Waals surface area contributed by atoms with Crippen LogP contribution in [0, 0.1) is 23.7 Å². The Labute approximate surface area is 329 Å². The monoisotopic (exact) mass is 765 g/mol. The third-order valence-electron chi connectivity index (χ3n) is 11.5. The summed E-state index contributed by atoms with van der Waals surface area (Å²) in [7, 11) is 6.98. The summed E-state index contributed by atoms with van der Waals surface area (Å²) in [6.07, 6.45) is 2.90. The van der Waals surface area contributed by atoms with Crippen LogP contribution >= 0.6 is 11.8 Å². The third-order valence-corrected chi connectivity index (χ3v) is 12.9. The van der Waals surface area contributed by atoms with Gasteiger partial charge in [0.05, 0.1) is 24.5 Å². The molecular weight excluding hydrogens is 699 g/mol. The van der Waals surface area contributed by atoms with Gasteiger partial charge in [-0.05, 0) is 68.8 Å². The van der Waals surface area contributed by atoms with Crippen LogP contribution in [-0.4, -0.2) is 109 Å². The molecule has 3 N–H and O–H groups in total. The number of thioether (sulfide) groups is 1. The molecule has 10 nitrogen and oxygen atoms in total. The van der Waals surface area contributed by atoms with Crippen LogP contribution < -0.4 is 11.1 Å². The lowest BCUT2D eigenvalue weighted by Crippen LogP contribution is -2.68. The normalized spacial score (nSPS) is 18.5. The van der Waals surface area contributed by atoms with Gasteiger partial charge in [0.2, 0.25) is 23.6 Å². The maximum Gasteiger partial charge on any atom is 0.239 e. The predicted octanol–water partition coefficient (Wildman–Crippen LogP) is 5.88. The van der Waals surface area contributed by atoms with Crippen molar-refractivity contribution >= 4 is 35.4 Å². The van der Waals surface area contributed by atoms with Crippen molar-refractivity contribution in [3.63, 3.8) is 0 Å². The van der Waals surface area contributed by atoms with E-state index in [4.69, 9.17) is 10.5 Å². The molecule has 0 radical (unpaired) electrons. The number of nitrogens with two attached hydrogens (primary N) is 1. The highest BCUT2D eigenvalue weighted by atomic mass is 32.2. The molecule has 0 bridgehead atoms. The molecule has 4 amide bonds. The highest BCUT2D eigenvalue weighted by molar-refractivity contribution is 8.00. The Kier molecular flexibility index (Phi) is 17.5. The number of benzene rings is 2. The topological polar surface area (TPSA) is 125 Å². The number of rotatable bonds is 21. The molecule has 11 heteroatoms. The molecule has 2 aromatic rings. The van der Waals surface area contributed by atoms with Gasteiger partial charge in [-0.1, -0.05) is 96.5 Å². The van der Waals surface area contributed by atoms with Crippen LogP contribution in [0.15, 0.2) is 65.6 Å². The van der Waals surface area contributed by atoms with E-state index in [2.05, 4.69) is 31.3 Å². The van der Waals surface area contributed by atoms with Crippen molar-refractivity contribution in [1.29, 1.82) is 0 Å². The minimum atomic E-state index is -1.22. The molecule has 3 rings (SSSR count). The van der Waals surface area contributed by atoms with E-state index >= 15 is 0 Å². The number of carbonyl (C=O) groups is 4. The van der Waals surface area contributed by atoms with Gasteiger partial charge >= 0.3 is 0 Å². The molecule has 1 fully saturated rings. The van der Waals surface area contributed by atoms with E-state index in [0.29, 0.717) is 13.1 Å². The largest absolute Gasteiger partial charge is 0.379 e. The molecule has 0 aromatic heterocycles. The van der Waals surface area contributed by atoms with Crippen LogP contribution in [0.4, 0.5) is 0 Å². The molecule has 2 aromatic carbocycles. The lowest BCUT2D eigenvalue weighted by Gasteiger charge is -2.49. The molecule has 1 saturated heterocycles. The van der Waals surface area contributed by atoms with Crippen molar-refractivity contribution in [3.8, 4) is 0 Å². The van der Waals surface area contributed by atoms with Gasteiger partial charge in [0.25, 0.3) is 0 Å². The fourth-order valence-corrected chi connectivity index (χ4v) is 10.0. The van der Waals surface area contributed by atoms with Crippen molar-refractivity contribution in [2.75, 3.05) is 41.3 Å². The second kappa shape index (κ2) is 21.0. The molecule has 7 atom stereocenters.